The predicted octanol–water partition coefficient (Wildman–Crippen LogP) is 3.06. The molecule has 1 aliphatic heterocycles. The van der Waals surface area contributed by atoms with E-state index in [0.717, 1.165) is 13.1 Å². The number of nitrogens with zero attached hydrogens (tertiary/aromatic N) is 1. The normalized spacial score (nSPS) is 23.6. The zero-order valence-corrected chi connectivity index (χ0v) is 12.9. The molecule has 1 saturated heterocycles. The Balaban J connectivity index is 1.90. The van der Waals surface area contributed by atoms with E-state index in [0.29, 0.717) is 28.1 Å². The Morgan fingerprint density at radius 3 is 2.71 bits per heavy atom. The molecule has 1 aromatic heterocycles. The van der Waals surface area contributed by atoms with E-state index in [9.17, 15) is 4.79 Å². The maximum absolute atomic E-state index is 12.5. The Morgan fingerprint density at radius 2 is 2.00 bits per heavy atom. The molecule has 0 radical (unpaired) electrons. The molecule has 0 unspecified atom stereocenters. The second-order valence-corrected chi connectivity index (χ2v) is 6.12. The molecule has 112 valence electrons. The topological polar surface area (TPSA) is 42.7 Å². The molecule has 0 amide bonds. The summed E-state index contributed by atoms with van der Waals surface area (Å²) in [6, 6.07) is 5.11. The van der Waals surface area contributed by atoms with Crippen molar-refractivity contribution in [2.45, 2.75) is 32.6 Å². The van der Waals surface area contributed by atoms with Gasteiger partial charge in [0.15, 0.2) is 5.43 Å². The third-order valence-corrected chi connectivity index (χ3v) is 3.93. The van der Waals surface area contributed by atoms with Crippen molar-refractivity contribution in [1.82, 2.24) is 4.90 Å². The first-order valence-electron chi connectivity index (χ1n) is 7.10. The highest BCUT2D eigenvalue weighted by molar-refractivity contribution is 6.31. The lowest BCUT2D eigenvalue weighted by Gasteiger charge is -2.35. The predicted molar refractivity (Wildman–Crippen MR) is 82.8 cm³/mol. The summed E-state index contributed by atoms with van der Waals surface area (Å²) in [6.07, 6.45) is 1.91. The van der Waals surface area contributed by atoms with Gasteiger partial charge in [-0.3, -0.25) is 9.69 Å². The van der Waals surface area contributed by atoms with Gasteiger partial charge in [0.1, 0.15) is 5.58 Å². The molecule has 0 aliphatic carbocycles. The number of benzene rings is 1. The maximum Gasteiger partial charge on any atom is 0.197 e. The van der Waals surface area contributed by atoms with Gasteiger partial charge in [-0.15, -0.1) is 0 Å². The number of hydrogen-bond acceptors (Lipinski definition) is 4. The Hall–Kier alpha value is -1.36. The van der Waals surface area contributed by atoms with E-state index in [4.69, 9.17) is 20.8 Å². The van der Waals surface area contributed by atoms with Crippen molar-refractivity contribution < 1.29 is 9.15 Å². The van der Waals surface area contributed by atoms with Crippen LogP contribution >= 0.6 is 11.6 Å². The fourth-order valence-electron chi connectivity index (χ4n) is 2.91. The highest BCUT2D eigenvalue weighted by Gasteiger charge is 2.23. The fourth-order valence-corrected chi connectivity index (χ4v) is 3.08. The second-order valence-electron chi connectivity index (χ2n) is 5.68. The molecule has 4 nitrogen and oxygen atoms in total. The van der Waals surface area contributed by atoms with Gasteiger partial charge in [0.2, 0.25) is 0 Å². The molecular weight excluding hydrogens is 290 g/mol. The van der Waals surface area contributed by atoms with Crippen molar-refractivity contribution in [3.63, 3.8) is 0 Å². The summed E-state index contributed by atoms with van der Waals surface area (Å²) >= 11 is 5.97. The Kier molecular flexibility index (Phi) is 4.02. The molecule has 21 heavy (non-hydrogen) atoms. The quantitative estimate of drug-likeness (QED) is 0.855. The van der Waals surface area contributed by atoms with Crippen molar-refractivity contribution in [2.75, 3.05) is 13.1 Å². The van der Waals surface area contributed by atoms with Gasteiger partial charge in [-0.2, -0.15) is 0 Å². The molecule has 0 N–H and O–H groups in total. The van der Waals surface area contributed by atoms with Gasteiger partial charge in [-0.1, -0.05) is 11.6 Å². The second kappa shape index (κ2) is 5.79. The van der Waals surface area contributed by atoms with Gasteiger partial charge >= 0.3 is 0 Å². The van der Waals surface area contributed by atoms with Crippen molar-refractivity contribution in [3.8, 4) is 0 Å². The molecule has 3 rings (SSSR count). The van der Waals surface area contributed by atoms with Crippen LogP contribution in [0.2, 0.25) is 5.02 Å². The van der Waals surface area contributed by atoms with Crippen LogP contribution in [0, 0.1) is 0 Å². The smallest absolute Gasteiger partial charge is 0.197 e. The summed E-state index contributed by atoms with van der Waals surface area (Å²) in [5.41, 5.74) is 1.22. The SMILES string of the molecule is C[C@@H]1CN(Cc2coc3ccc(Cl)cc3c2=O)C[C@@H](C)O1. The Labute approximate surface area is 128 Å². The van der Waals surface area contributed by atoms with E-state index in [2.05, 4.69) is 4.90 Å². The average Bonchev–Trinajstić information content (AvgIpc) is 2.41. The van der Waals surface area contributed by atoms with Crippen molar-refractivity contribution >= 4 is 22.6 Å². The molecule has 0 spiro atoms. The summed E-state index contributed by atoms with van der Waals surface area (Å²) in [7, 11) is 0. The van der Waals surface area contributed by atoms with Crippen LogP contribution in [0.25, 0.3) is 11.0 Å². The van der Waals surface area contributed by atoms with E-state index in [-0.39, 0.29) is 17.6 Å². The summed E-state index contributed by atoms with van der Waals surface area (Å²) in [5.74, 6) is 0. The van der Waals surface area contributed by atoms with E-state index in [1.807, 2.05) is 13.8 Å². The molecule has 1 aromatic carbocycles. The Bertz CT molecular complexity index is 702. The maximum atomic E-state index is 12.5. The van der Waals surface area contributed by atoms with Gasteiger partial charge in [-0.25, -0.2) is 0 Å². The van der Waals surface area contributed by atoms with Gasteiger partial charge in [0.05, 0.1) is 23.9 Å². The fraction of sp³-hybridized carbons (Fsp3) is 0.438. The van der Waals surface area contributed by atoms with Crippen LogP contribution in [0.15, 0.2) is 33.7 Å². The molecule has 0 bridgehead atoms. The van der Waals surface area contributed by atoms with Crippen molar-refractivity contribution in [1.29, 1.82) is 0 Å². The van der Waals surface area contributed by atoms with Crippen LogP contribution in [0.3, 0.4) is 0 Å². The minimum absolute atomic E-state index is 0.00875. The number of morpholine rings is 1. The third-order valence-electron chi connectivity index (χ3n) is 3.70. The molecule has 1 fully saturated rings. The van der Waals surface area contributed by atoms with Gasteiger partial charge < -0.3 is 9.15 Å². The first-order valence-corrected chi connectivity index (χ1v) is 7.48. The van der Waals surface area contributed by atoms with Crippen molar-refractivity contribution in [3.05, 3.63) is 45.3 Å². The molecule has 5 heteroatoms. The summed E-state index contributed by atoms with van der Waals surface area (Å²) < 4.78 is 11.3. The first-order chi connectivity index (χ1) is 10.0. The largest absolute Gasteiger partial charge is 0.464 e. The lowest BCUT2D eigenvalue weighted by Crippen LogP contribution is -2.45. The van der Waals surface area contributed by atoms with Gasteiger partial charge in [-0.05, 0) is 32.0 Å². The van der Waals surface area contributed by atoms with E-state index < -0.39 is 0 Å². The number of ether oxygens (including phenoxy) is 1. The number of hydrogen-bond donors (Lipinski definition) is 0. The summed E-state index contributed by atoms with van der Waals surface area (Å²) in [5, 5.41) is 1.08. The third kappa shape index (κ3) is 3.12. The van der Waals surface area contributed by atoms with Gasteiger partial charge in [0.25, 0.3) is 0 Å². The summed E-state index contributed by atoms with van der Waals surface area (Å²) in [4.78, 5) is 14.8. The number of rotatable bonds is 2. The number of halogens is 1. The number of fused-ring (bicyclic) bond motifs is 1. The summed E-state index contributed by atoms with van der Waals surface area (Å²) in [6.45, 7) is 6.30. The van der Waals surface area contributed by atoms with E-state index >= 15 is 0 Å². The van der Waals surface area contributed by atoms with E-state index in [1.54, 1.807) is 24.5 Å². The minimum atomic E-state index is -0.00875. The average molecular weight is 308 g/mol. The van der Waals surface area contributed by atoms with E-state index in [1.165, 1.54) is 0 Å². The zero-order valence-electron chi connectivity index (χ0n) is 12.1. The van der Waals surface area contributed by atoms with Crippen LogP contribution in [0.4, 0.5) is 0 Å². The van der Waals surface area contributed by atoms with Crippen LogP contribution in [0.1, 0.15) is 19.4 Å². The molecule has 1 aliphatic rings. The monoisotopic (exact) mass is 307 g/mol. The van der Waals surface area contributed by atoms with Crippen LogP contribution < -0.4 is 5.43 Å². The van der Waals surface area contributed by atoms with Crippen LogP contribution in [-0.4, -0.2) is 30.2 Å². The first kappa shape index (κ1) is 14.6. The molecular formula is C16H18ClNO3. The minimum Gasteiger partial charge on any atom is -0.464 e. The lowest BCUT2D eigenvalue weighted by molar-refractivity contribution is -0.0706. The standard InChI is InChI=1S/C16H18ClNO3/c1-10-6-18(7-11(2)21-10)8-12-9-20-15-4-3-13(17)5-14(15)16(12)19/h3-5,9-11H,6-8H2,1-2H3/t10-,11-/m1/s1. The molecule has 0 saturated carbocycles. The van der Waals surface area contributed by atoms with Gasteiger partial charge in [0, 0.05) is 30.2 Å². The van der Waals surface area contributed by atoms with Crippen LogP contribution in [0.5, 0.6) is 0 Å². The highest BCUT2D eigenvalue weighted by atomic mass is 35.5. The molecule has 2 aromatic rings. The molecule has 2 heterocycles. The van der Waals surface area contributed by atoms with Crippen molar-refractivity contribution in [2.24, 2.45) is 0 Å². The lowest BCUT2D eigenvalue weighted by atomic mass is 10.1. The Morgan fingerprint density at radius 1 is 1.29 bits per heavy atom. The molecule has 2 atom stereocenters. The van der Waals surface area contributed by atoms with Crippen LogP contribution in [-0.2, 0) is 11.3 Å². The zero-order chi connectivity index (χ0) is 15.0. The highest BCUT2D eigenvalue weighted by Crippen LogP contribution is 2.18.